The number of rotatable bonds is 2. The Morgan fingerprint density at radius 3 is 2.55 bits per heavy atom. The van der Waals surface area contributed by atoms with E-state index in [2.05, 4.69) is 0 Å². The molecule has 104 valence electrons. The summed E-state index contributed by atoms with van der Waals surface area (Å²) in [5.41, 5.74) is -1.27. The molecule has 1 aromatic rings. The van der Waals surface area contributed by atoms with Crippen molar-refractivity contribution in [2.24, 2.45) is 5.92 Å². The Morgan fingerprint density at radius 2 is 2.00 bits per heavy atom. The molecule has 0 spiro atoms. The number of hydrogen-bond donors (Lipinski definition) is 1. The lowest BCUT2D eigenvalue weighted by Crippen LogP contribution is -2.60. The zero-order valence-electron chi connectivity index (χ0n) is 10.7. The normalized spacial score (nSPS) is 35.0. The van der Waals surface area contributed by atoms with Gasteiger partial charge in [-0.2, -0.15) is 0 Å². The van der Waals surface area contributed by atoms with Crippen LogP contribution in [0.2, 0.25) is 0 Å². The summed E-state index contributed by atoms with van der Waals surface area (Å²) < 4.78 is 18.2. The summed E-state index contributed by atoms with van der Waals surface area (Å²) in [7, 11) is 0. The van der Waals surface area contributed by atoms with Gasteiger partial charge < -0.3 is 9.84 Å². The molecule has 1 fully saturated rings. The lowest BCUT2D eigenvalue weighted by Gasteiger charge is -2.47. The van der Waals surface area contributed by atoms with Crippen molar-refractivity contribution in [3.05, 3.63) is 47.8 Å². The smallest absolute Gasteiger partial charge is 0.343 e. The topological polar surface area (TPSA) is 63.6 Å². The van der Waals surface area contributed by atoms with Crippen LogP contribution in [0.1, 0.15) is 18.4 Å². The number of esters is 1. The van der Waals surface area contributed by atoms with Gasteiger partial charge in [0.25, 0.3) is 0 Å². The van der Waals surface area contributed by atoms with E-state index in [0.29, 0.717) is 5.56 Å². The SMILES string of the molecule is CC(=O)C1C(c2ccc(F)cc2)C2C=CC1(O)C(=O)O2. The number of Topliss-reactive ketones (excluding diaryl/α,β-unsaturated/α-hetero) is 1. The number of carbonyl (C=O) groups excluding carboxylic acids is 2. The molecule has 1 aromatic carbocycles. The van der Waals surface area contributed by atoms with Crippen LogP contribution >= 0.6 is 0 Å². The van der Waals surface area contributed by atoms with Crippen LogP contribution in [0, 0.1) is 11.7 Å². The Kier molecular flexibility index (Phi) is 2.76. The number of hydrogen-bond acceptors (Lipinski definition) is 4. The van der Waals surface area contributed by atoms with Gasteiger partial charge >= 0.3 is 5.97 Å². The summed E-state index contributed by atoms with van der Waals surface area (Å²) in [6.45, 7) is 1.33. The van der Waals surface area contributed by atoms with Crippen molar-refractivity contribution in [3.8, 4) is 0 Å². The van der Waals surface area contributed by atoms with E-state index in [1.807, 2.05) is 0 Å². The highest BCUT2D eigenvalue weighted by atomic mass is 19.1. The maximum atomic E-state index is 13.0. The third-order valence-corrected chi connectivity index (χ3v) is 3.99. The molecule has 0 saturated carbocycles. The number of halogens is 1. The fraction of sp³-hybridized carbons (Fsp3) is 0.333. The molecule has 0 radical (unpaired) electrons. The monoisotopic (exact) mass is 276 g/mol. The minimum absolute atomic E-state index is 0.298. The first-order valence-electron chi connectivity index (χ1n) is 6.32. The molecule has 1 N–H and O–H groups in total. The second kappa shape index (κ2) is 4.24. The molecule has 1 aliphatic carbocycles. The van der Waals surface area contributed by atoms with Crippen molar-refractivity contribution in [2.45, 2.75) is 24.5 Å². The maximum Gasteiger partial charge on any atom is 0.343 e. The van der Waals surface area contributed by atoms with Gasteiger partial charge in [0.1, 0.15) is 17.7 Å². The van der Waals surface area contributed by atoms with Gasteiger partial charge in [-0.25, -0.2) is 9.18 Å². The molecule has 2 aliphatic heterocycles. The predicted octanol–water partition coefficient (Wildman–Crippen LogP) is 1.34. The van der Waals surface area contributed by atoms with Crippen LogP contribution in [-0.4, -0.2) is 28.6 Å². The van der Waals surface area contributed by atoms with Crippen LogP contribution in [0.25, 0.3) is 0 Å². The van der Waals surface area contributed by atoms with Crippen LogP contribution in [0.4, 0.5) is 4.39 Å². The quantitative estimate of drug-likeness (QED) is 0.654. The highest BCUT2D eigenvalue weighted by Crippen LogP contribution is 2.47. The summed E-state index contributed by atoms with van der Waals surface area (Å²) in [6, 6.07) is 5.65. The minimum Gasteiger partial charge on any atom is -0.455 e. The molecule has 20 heavy (non-hydrogen) atoms. The molecule has 4 unspecified atom stereocenters. The van der Waals surface area contributed by atoms with Gasteiger partial charge in [0.2, 0.25) is 0 Å². The molecule has 2 heterocycles. The van der Waals surface area contributed by atoms with Crippen molar-refractivity contribution in [1.29, 1.82) is 0 Å². The third kappa shape index (κ3) is 1.70. The van der Waals surface area contributed by atoms with Crippen molar-refractivity contribution in [3.63, 3.8) is 0 Å². The Bertz CT molecular complexity index is 607. The van der Waals surface area contributed by atoms with Gasteiger partial charge in [-0.3, -0.25) is 4.79 Å². The van der Waals surface area contributed by atoms with E-state index in [4.69, 9.17) is 4.74 Å². The molecule has 0 amide bonds. The van der Waals surface area contributed by atoms with E-state index < -0.39 is 29.5 Å². The first-order chi connectivity index (χ1) is 9.43. The van der Waals surface area contributed by atoms with Crippen LogP contribution < -0.4 is 0 Å². The number of carbonyl (C=O) groups is 2. The van der Waals surface area contributed by atoms with E-state index in [0.717, 1.165) is 0 Å². The average Bonchev–Trinajstić information content (AvgIpc) is 2.40. The number of fused-ring (bicyclic) bond motifs is 2. The van der Waals surface area contributed by atoms with Gasteiger partial charge in [0.05, 0.1) is 5.92 Å². The van der Waals surface area contributed by atoms with E-state index in [9.17, 15) is 19.1 Å². The summed E-state index contributed by atoms with van der Waals surface area (Å²) in [4.78, 5) is 23.7. The molecule has 2 bridgehead atoms. The Hall–Kier alpha value is -2.01. The average molecular weight is 276 g/mol. The number of ketones is 1. The van der Waals surface area contributed by atoms with E-state index in [1.165, 1.54) is 25.1 Å². The number of aliphatic hydroxyl groups is 1. The molecule has 4 atom stereocenters. The van der Waals surface area contributed by atoms with Crippen molar-refractivity contribution >= 4 is 11.8 Å². The highest BCUT2D eigenvalue weighted by Gasteiger charge is 2.59. The van der Waals surface area contributed by atoms with Gasteiger partial charge in [0, 0.05) is 5.92 Å². The lowest BCUT2D eigenvalue weighted by molar-refractivity contribution is -0.189. The minimum atomic E-state index is -1.93. The molecule has 4 rings (SSSR count). The molecule has 4 nitrogen and oxygen atoms in total. The molecular formula is C15H13FO4. The Balaban J connectivity index is 2.11. The molecular weight excluding hydrogens is 263 g/mol. The lowest BCUT2D eigenvalue weighted by atomic mass is 9.65. The van der Waals surface area contributed by atoms with Gasteiger partial charge in [0.15, 0.2) is 5.60 Å². The first kappa shape index (κ1) is 13.0. The Morgan fingerprint density at radius 1 is 1.35 bits per heavy atom. The molecule has 3 aliphatic rings. The van der Waals surface area contributed by atoms with Gasteiger partial charge in [-0.1, -0.05) is 12.1 Å². The fourth-order valence-corrected chi connectivity index (χ4v) is 3.08. The molecule has 1 saturated heterocycles. The summed E-state index contributed by atoms with van der Waals surface area (Å²) in [6.07, 6.45) is 2.29. The number of ether oxygens (including phenoxy) is 1. The van der Waals surface area contributed by atoms with Gasteiger partial charge in [-0.15, -0.1) is 0 Å². The van der Waals surface area contributed by atoms with E-state index >= 15 is 0 Å². The van der Waals surface area contributed by atoms with Gasteiger partial charge in [-0.05, 0) is 36.8 Å². The largest absolute Gasteiger partial charge is 0.455 e. The fourth-order valence-electron chi connectivity index (χ4n) is 3.08. The third-order valence-electron chi connectivity index (χ3n) is 3.99. The van der Waals surface area contributed by atoms with Crippen molar-refractivity contribution in [1.82, 2.24) is 0 Å². The Labute approximate surface area is 114 Å². The zero-order chi connectivity index (χ0) is 14.5. The molecule has 0 aromatic heterocycles. The number of benzene rings is 1. The maximum absolute atomic E-state index is 13.0. The summed E-state index contributed by atoms with van der Waals surface area (Å²) in [5.74, 6) is -2.90. The van der Waals surface area contributed by atoms with E-state index in [1.54, 1.807) is 18.2 Å². The zero-order valence-corrected chi connectivity index (χ0v) is 10.7. The summed E-state index contributed by atoms with van der Waals surface area (Å²) in [5, 5.41) is 10.4. The van der Waals surface area contributed by atoms with Crippen LogP contribution in [0.3, 0.4) is 0 Å². The molecule has 5 heteroatoms. The predicted molar refractivity (Wildman–Crippen MR) is 67.3 cm³/mol. The van der Waals surface area contributed by atoms with Crippen molar-refractivity contribution < 1.29 is 23.8 Å². The van der Waals surface area contributed by atoms with Crippen LogP contribution in [0.5, 0.6) is 0 Å². The van der Waals surface area contributed by atoms with Crippen LogP contribution in [0.15, 0.2) is 36.4 Å². The second-order valence-electron chi connectivity index (χ2n) is 5.22. The van der Waals surface area contributed by atoms with Crippen LogP contribution in [-0.2, 0) is 14.3 Å². The van der Waals surface area contributed by atoms with Crippen molar-refractivity contribution in [2.75, 3.05) is 0 Å². The first-order valence-corrected chi connectivity index (χ1v) is 6.32. The highest BCUT2D eigenvalue weighted by molar-refractivity contribution is 5.94. The van der Waals surface area contributed by atoms with E-state index in [-0.39, 0.29) is 11.6 Å². The summed E-state index contributed by atoms with van der Waals surface area (Å²) >= 11 is 0. The second-order valence-corrected chi connectivity index (χ2v) is 5.22. The standard InChI is InChI=1S/C15H13FO4/c1-8(17)13-12(9-2-4-10(16)5-3-9)11-6-7-15(13,19)14(18)20-11/h2-7,11-13,19H,1H3.